The van der Waals surface area contributed by atoms with Crippen molar-refractivity contribution in [3.63, 3.8) is 0 Å². The summed E-state index contributed by atoms with van der Waals surface area (Å²) in [6, 6.07) is 3.08. The number of hydrogen-bond donors (Lipinski definition) is 1. The van der Waals surface area contributed by atoms with Crippen LogP contribution in [0.4, 0.5) is 0 Å². The van der Waals surface area contributed by atoms with Gasteiger partial charge in [-0.25, -0.2) is 18.1 Å². The first-order chi connectivity index (χ1) is 8.47. The number of rotatable bonds is 5. The molecule has 4 nitrogen and oxygen atoms in total. The number of nitrogens with one attached hydrogen (secondary N) is 1. The molecule has 0 amide bonds. The Balaban J connectivity index is 1.93. The monoisotopic (exact) mass is 322 g/mol. The van der Waals surface area contributed by atoms with E-state index in [1.54, 1.807) is 6.07 Å². The molecule has 1 N–H and O–H groups in total. The lowest BCUT2D eigenvalue weighted by molar-refractivity contribution is 0.583. The molecule has 2 rings (SSSR count). The number of sulfonamides is 1. The molecule has 0 unspecified atom stereocenters. The number of thiazole rings is 1. The van der Waals surface area contributed by atoms with Crippen molar-refractivity contribution < 1.29 is 8.42 Å². The van der Waals surface area contributed by atoms with Crippen molar-refractivity contribution in [2.45, 2.75) is 17.6 Å². The van der Waals surface area contributed by atoms with Crippen LogP contribution in [0, 0.1) is 6.92 Å². The van der Waals surface area contributed by atoms with Gasteiger partial charge in [0.2, 0.25) is 10.0 Å². The van der Waals surface area contributed by atoms with Gasteiger partial charge in [0.15, 0.2) is 0 Å². The van der Waals surface area contributed by atoms with Crippen molar-refractivity contribution in [3.05, 3.63) is 32.6 Å². The number of halogens is 1. The fourth-order valence-electron chi connectivity index (χ4n) is 1.32. The van der Waals surface area contributed by atoms with E-state index in [0.29, 0.717) is 17.3 Å². The molecular formula is C10H11ClN2O2S3. The van der Waals surface area contributed by atoms with Crippen molar-refractivity contribution in [1.82, 2.24) is 9.71 Å². The highest BCUT2D eigenvalue weighted by atomic mass is 35.5. The Morgan fingerprint density at radius 3 is 2.78 bits per heavy atom. The first-order valence-electron chi connectivity index (χ1n) is 5.13. The number of aryl methyl sites for hydroxylation is 1. The van der Waals surface area contributed by atoms with Gasteiger partial charge in [-0.2, -0.15) is 0 Å². The minimum absolute atomic E-state index is 0.239. The van der Waals surface area contributed by atoms with E-state index >= 15 is 0 Å². The summed E-state index contributed by atoms with van der Waals surface area (Å²) in [5, 5.41) is 2.88. The molecule has 0 saturated carbocycles. The molecule has 2 aromatic rings. The second kappa shape index (κ2) is 5.66. The zero-order valence-corrected chi connectivity index (χ0v) is 12.7. The Labute approximate surface area is 119 Å². The largest absolute Gasteiger partial charge is 0.250 e. The molecular weight excluding hydrogens is 312 g/mol. The van der Waals surface area contributed by atoms with Gasteiger partial charge in [-0.3, -0.25) is 0 Å². The van der Waals surface area contributed by atoms with E-state index in [1.807, 2.05) is 12.3 Å². The Morgan fingerprint density at radius 2 is 2.22 bits per heavy atom. The second-order valence-corrected chi connectivity index (χ2v) is 8.24. The highest BCUT2D eigenvalue weighted by Crippen LogP contribution is 2.25. The quantitative estimate of drug-likeness (QED) is 0.920. The van der Waals surface area contributed by atoms with E-state index in [-0.39, 0.29) is 4.21 Å². The third-order valence-electron chi connectivity index (χ3n) is 2.11. The molecule has 2 heterocycles. The Bertz CT molecular complexity index is 633. The summed E-state index contributed by atoms with van der Waals surface area (Å²) in [6.45, 7) is 2.25. The molecule has 18 heavy (non-hydrogen) atoms. The van der Waals surface area contributed by atoms with E-state index in [0.717, 1.165) is 22.0 Å². The predicted molar refractivity (Wildman–Crippen MR) is 75.1 cm³/mol. The molecule has 0 aliphatic carbocycles. The second-order valence-electron chi connectivity index (χ2n) is 3.59. The Hall–Kier alpha value is -0.470. The van der Waals surface area contributed by atoms with Crippen LogP contribution in [-0.2, 0) is 16.4 Å². The first-order valence-corrected chi connectivity index (χ1v) is 8.69. The van der Waals surface area contributed by atoms with Crippen LogP contribution in [0.3, 0.4) is 0 Å². The lowest BCUT2D eigenvalue weighted by Crippen LogP contribution is -2.25. The lowest BCUT2D eigenvalue weighted by atomic mass is 10.4. The molecule has 0 saturated heterocycles. The molecule has 2 aromatic heterocycles. The third-order valence-corrected chi connectivity index (χ3v) is 6.32. The van der Waals surface area contributed by atoms with Crippen LogP contribution in [-0.4, -0.2) is 19.9 Å². The van der Waals surface area contributed by atoms with Gasteiger partial charge in [-0.15, -0.1) is 22.7 Å². The molecule has 8 heteroatoms. The van der Waals surface area contributed by atoms with Crippen molar-refractivity contribution in [3.8, 4) is 0 Å². The van der Waals surface area contributed by atoms with E-state index in [9.17, 15) is 8.42 Å². The fraction of sp³-hybridized carbons (Fsp3) is 0.300. The maximum Gasteiger partial charge on any atom is 0.250 e. The van der Waals surface area contributed by atoms with E-state index in [2.05, 4.69) is 9.71 Å². The zero-order chi connectivity index (χ0) is 13.2. The molecule has 0 aliphatic rings. The summed E-state index contributed by atoms with van der Waals surface area (Å²) in [4.78, 5) is 4.27. The van der Waals surface area contributed by atoms with Crippen LogP contribution in [0.1, 0.15) is 10.7 Å². The van der Waals surface area contributed by atoms with E-state index in [4.69, 9.17) is 11.6 Å². The van der Waals surface area contributed by atoms with Crippen molar-refractivity contribution in [2.24, 2.45) is 0 Å². The van der Waals surface area contributed by atoms with Gasteiger partial charge in [0, 0.05) is 24.0 Å². The minimum Gasteiger partial charge on any atom is -0.247 e. The molecule has 0 bridgehead atoms. The summed E-state index contributed by atoms with van der Waals surface area (Å²) in [6.07, 6.45) is 0.594. The zero-order valence-electron chi connectivity index (χ0n) is 9.51. The van der Waals surface area contributed by atoms with Gasteiger partial charge in [0.25, 0.3) is 0 Å². The average molecular weight is 323 g/mol. The predicted octanol–water partition coefficient (Wildman–Crippen LogP) is 2.69. The summed E-state index contributed by atoms with van der Waals surface area (Å²) in [7, 11) is -3.44. The Kier molecular flexibility index (Phi) is 4.39. The molecule has 0 aliphatic heterocycles. The normalized spacial score (nSPS) is 11.9. The van der Waals surface area contributed by atoms with Crippen molar-refractivity contribution in [2.75, 3.05) is 6.54 Å². The topological polar surface area (TPSA) is 59.1 Å². The van der Waals surface area contributed by atoms with Crippen molar-refractivity contribution in [1.29, 1.82) is 0 Å². The maximum absolute atomic E-state index is 11.9. The van der Waals surface area contributed by atoms with Gasteiger partial charge in [0.1, 0.15) is 4.21 Å². The summed E-state index contributed by atoms with van der Waals surface area (Å²) in [5.74, 6) is 0. The summed E-state index contributed by atoms with van der Waals surface area (Å²) < 4.78 is 27.0. The summed E-state index contributed by atoms with van der Waals surface area (Å²) in [5.41, 5.74) is 0.961. The first kappa shape index (κ1) is 14.0. The van der Waals surface area contributed by atoms with Gasteiger partial charge in [-0.1, -0.05) is 11.6 Å². The highest BCUT2D eigenvalue weighted by molar-refractivity contribution is 7.91. The molecule has 0 atom stereocenters. The van der Waals surface area contributed by atoms with Crippen LogP contribution < -0.4 is 4.72 Å². The van der Waals surface area contributed by atoms with E-state index in [1.165, 1.54) is 17.4 Å². The fourth-order valence-corrected chi connectivity index (χ4v) is 4.66. The van der Waals surface area contributed by atoms with E-state index < -0.39 is 10.0 Å². The molecule has 0 radical (unpaired) electrons. The number of nitrogens with zero attached hydrogens (tertiary/aromatic N) is 1. The van der Waals surface area contributed by atoms with Crippen LogP contribution in [0.15, 0.2) is 21.7 Å². The average Bonchev–Trinajstić information content (AvgIpc) is 2.88. The van der Waals surface area contributed by atoms with Gasteiger partial charge in [0.05, 0.1) is 9.34 Å². The molecule has 0 aromatic carbocycles. The summed E-state index contributed by atoms with van der Waals surface area (Å²) >= 11 is 8.30. The van der Waals surface area contributed by atoms with Crippen LogP contribution in [0.5, 0.6) is 0 Å². The standard InChI is InChI=1S/C10H11ClN2O2S3/c1-7-6-16-9(13-7)4-5-12-18(14,15)10-3-2-8(11)17-10/h2-3,6,12H,4-5H2,1H3. The third kappa shape index (κ3) is 3.52. The highest BCUT2D eigenvalue weighted by Gasteiger charge is 2.15. The van der Waals surface area contributed by atoms with Crippen LogP contribution >= 0.6 is 34.3 Å². The number of hydrogen-bond acceptors (Lipinski definition) is 5. The molecule has 0 spiro atoms. The van der Waals surface area contributed by atoms with Crippen LogP contribution in [0.25, 0.3) is 0 Å². The van der Waals surface area contributed by atoms with Crippen molar-refractivity contribution >= 4 is 44.3 Å². The van der Waals surface area contributed by atoms with Gasteiger partial charge >= 0.3 is 0 Å². The number of thiophene rings is 1. The molecule has 0 fully saturated rings. The van der Waals surface area contributed by atoms with Gasteiger partial charge < -0.3 is 0 Å². The molecule has 98 valence electrons. The van der Waals surface area contributed by atoms with Crippen LogP contribution in [0.2, 0.25) is 4.34 Å². The SMILES string of the molecule is Cc1csc(CCNS(=O)(=O)c2ccc(Cl)s2)n1. The lowest BCUT2D eigenvalue weighted by Gasteiger charge is -2.02. The number of aromatic nitrogens is 1. The Morgan fingerprint density at radius 1 is 1.44 bits per heavy atom. The smallest absolute Gasteiger partial charge is 0.247 e. The van der Waals surface area contributed by atoms with Gasteiger partial charge in [-0.05, 0) is 19.1 Å². The maximum atomic E-state index is 11.9. The minimum atomic E-state index is -3.44.